The Hall–Kier alpha value is -1.13. The summed E-state index contributed by atoms with van der Waals surface area (Å²) < 4.78 is 5.80. The van der Waals surface area contributed by atoms with Gasteiger partial charge in [0.15, 0.2) is 11.4 Å². The van der Waals surface area contributed by atoms with Gasteiger partial charge in [0.25, 0.3) is 0 Å². The molecule has 4 aliphatic carbocycles. The summed E-state index contributed by atoms with van der Waals surface area (Å²) in [5.41, 5.74) is -0.340. The lowest BCUT2D eigenvalue weighted by atomic mass is 9.48. The molecule has 5 heteroatoms. The first kappa shape index (κ1) is 20.2. The number of ketones is 1. The molecule has 0 aromatic carbocycles. The van der Waals surface area contributed by atoms with Crippen LogP contribution in [0.1, 0.15) is 66.2 Å². The summed E-state index contributed by atoms with van der Waals surface area (Å²) in [7, 11) is 0. The second-order valence-corrected chi connectivity index (χ2v) is 10.3. The molecule has 0 spiro atoms. The van der Waals surface area contributed by atoms with Crippen molar-refractivity contribution in [2.75, 3.05) is 0 Å². The van der Waals surface area contributed by atoms with Crippen molar-refractivity contribution in [1.29, 1.82) is 0 Å². The fourth-order valence-electron chi connectivity index (χ4n) is 7.28. The van der Waals surface area contributed by atoms with E-state index in [4.69, 9.17) is 16.3 Å². The van der Waals surface area contributed by atoms with Crippen molar-refractivity contribution in [2.45, 2.75) is 77.9 Å². The van der Waals surface area contributed by atoms with E-state index in [9.17, 15) is 14.7 Å². The van der Waals surface area contributed by atoms with E-state index in [1.807, 2.05) is 6.08 Å². The summed E-state index contributed by atoms with van der Waals surface area (Å²) in [4.78, 5) is 24.7. The van der Waals surface area contributed by atoms with Gasteiger partial charge in [-0.3, -0.25) is 9.59 Å². The van der Waals surface area contributed by atoms with Crippen LogP contribution in [0.2, 0.25) is 0 Å². The Kier molecular flexibility index (Phi) is 4.63. The molecule has 0 radical (unpaired) electrons. The number of Topliss-reactive ketones (excluding diaryl/α,β-unsaturated/α-hetero) is 1. The van der Waals surface area contributed by atoms with Gasteiger partial charge >= 0.3 is 5.97 Å². The lowest BCUT2D eigenvalue weighted by molar-refractivity contribution is -0.185. The minimum absolute atomic E-state index is 0.0374. The molecule has 0 heterocycles. The monoisotopic (exact) mass is 406 g/mol. The standard InChI is InChI=1S/C23H31ClO4/c1-13(25)23(28-14(2)26)10-7-18-16-12-20(24)19-11-15(27)5-8-21(19,3)17(16)6-9-22(18,23)4/h11-12,15-18,27H,5-10H2,1-4H3/t15-,16+,17-,18+,21-,22+,23+/m1/s1. The quantitative estimate of drug-likeness (QED) is 0.683. The molecule has 2 fully saturated rings. The summed E-state index contributed by atoms with van der Waals surface area (Å²) in [6.45, 7) is 7.40. The predicted octanol–water partition coefficient (Wildman–Crippen LogP) is 4.54. The number of aliphatic hydroxyl groups excluding tert-OH is 1. The lowest BCUT2D eigenvalue weighted by Gasteiger charge is -2.58. The molecule has 0 bridgehead atoms. The van der Waals surface area contributed by atoms with Gasteiger partial charge in [-0.15, -0.1) is 0 Å². The van der Waals surface area contributed by atoms with Crippen LogP contribution in [0.4, 0.5) is 0 Å². The minimum atomic E-state index is -1.02. The van der Waals surface area contributed by atoms with Crippen LogP contribution in [0.15, 0.2) is 22.8 Å². The van der Waals surface area contributed by atoms with E-state index in [1.165, 1.54) is 6.92 Å². The summed E-state index contributed by atoms with van der Waals surface area (Å²) in [6.07, 6.45) is 8.68. The van der Waals surface area contributed by atoms with Gasteiger partial charge in [0.2, 0.25) is 0 Å². The molecule has 0 saturated heterocycles. The summed E-state index contributed by atoms with van der Waals surface area (Å²) in [6, 6.07) is 0. The molecule has 1 N–H and O–H groups in total. The zero-order chi connectivity index (χ0) is 20.5. The molecule has 28 heavy (non-hydrogen) atoms. The van der Waals surface area contributed by atoms with Gasteiger partial charge in [0.1, 0.15) is 0 Å². The van der Waals surface area contributed by atoms with E-state index in [-0.39, 0.29) is 34.4 Å². The van der Waals surface area contributed by atoms with Crippen LogP contribution in [-0.2, 0) is 14.3 Å². The molecule has 7 atom stereocenters. The number of esters is 1. The molecule has 0 aliphatic heterocycles. The number of carbonyl (C=O) groups excluding carboxylic acids is 2. The topological polar surface area (TPSA) is 63.6 Å². The first-order valence-corrected chi connectivity index (χ1v) is 10.9. The number of halogens is 1. The summed E-state index contributed by atoms with van der Waals surface area (Å²) in [5, 5.41) is 10.9. The third-order valence-electron chi connectivity index (χ3n) is 8.69. The maximum absolute atomic E-state index is 12.8. The summed E-state index contributed by atoms with van der Waals surface area (Å²) >= 11 is 6.75. The molecule has 4 rings (SSSR count). The van der Waals surface area contributed by atoms with Crippen molar-refractivity contribution in [1.82, 2.24) is 0 Å². The third-order valence-corrected chi connectivity index (χ3v) is 9.02. The molecule has 0 unspecified atom stereocenters. The molecule has 4 nitrogen and oxygen atoms in total. The maximum Gasteiger partial charge on any atom is 0.303 e. The Balaban J connectivity index is 1.78. The number of rotatable bonds is 2. The first-order valence-electron chi connectivity index (χ1n) is 10.5. The minimum Gasteiger partial charge on any atom is -0.451 e. The fourth-order valence-corrected chi connectivity index (χ4v) is 7.70. The van der Waals surface area contributed by atoms with Crippen LogP contribution in [-0.4, -0.2) is 28.6 Å². The van der Waals surface area contributed by atoms with Gasteiger partial charge < -0.3 is 9.84 Å². The Labute approximate surface area is 172 Å². The predicted molar refractivity (Wildman–Crippen MR) is 108 cm³/mol. The second kappa shape index (κ2) is 6.43. The number of carbonyl (C=O) groups is 2. The largest absolute Gasteiger partial charge is 0.451 e. The average molecular weight is 407 g/mol. The SMILES string of the molecule is CC(=O)O[C@]1(C(C)=O)CC[C@H]2[C@H]3C=C(Cl)C4=C[C@H](O)CC[C@]4(C)[C@@H]3CC[C@@]21C. The van der Waals surface area contributed by atoms with Crippen molar-refractivity contribution in [3.63, 3.8) is 0 Å². The number of allylic oxidation sites excluding steroid dienone is 3. The normalized spacial score (nSPS) is 47.2. The van der Waals surface area contributed by atoms with Crippen molar-refractivity contribution in [3.8, 4) is 0 Å². The smallest absolute Gasteiger partial charge is 0.303 e. The van der Waals surface area contributed by atoms with Gasteiger partial charge in [-0.2, -0.15) is 0 Å². The van der Waals surface area contributed by atoms with Crippen LogP contribution in [0.3, 0.4) is 0 Å². The molecular weight excluding hydrogens is 376 g/mol. The molecule has 154 valence electrons. The van der Waals surface area contributed by atoms with Crippen LogP contribution in [0, 0.1) is 28.6 Å². The Morgan fingerprint density at radius 1 is 1.07 bits per heavy atom. The molecule has 2 saturated carbocycles. The van der Waals surface area contributed by atoms with E-state index in [0.717, 1.165) is 42.7 Å². The van der Waals surface area contributed by atoms with E-state index in [0.29, 0.717) is 12.3 Å². The number of hydrogen-bond acceptors (Lipinski definition) is 4. The van der Waals surface area contributed by atoms with Gasteiger partial charge in [-0.05, 0) is 74.2 Å². The highest BCUT2D eigenvalue weighted by Crippen LogP contribution is 2.68. The second-order valence-electron chi connectivity index (χ2n) is 9.88. The molecule has 4 aliphatic rings. The maximum atomic E-state index is 12.8. The van der Waals surface area contributed by atoms with Gasteiger partial charge in [-0.25, -0.2) is 0 Å². The van der Waals surface area contributed by atoms with E-state index >= 15 is 0 Å². The highest BCUT2D eigenvalue weighted by atomic mass is 35.5. The van der Waals surface area contributed by atoms with Crippen molar-refractivity contribution >= 4 is 23.4 Å². The van der Waals surface area contributed by atoms with Crippen molar-refractivity contribution < 1.29 is 19.4 Å². The fraction of sp³-hybridized carbons (Fsp3) is 0.739. The van der Waals surface area contributed by atoms with Gasteiger partial charge in [-0.1, -0.05) is 37.6 Å². The molecular formula is C23H31ClO4. The van der Waals surface area contributed by atoms with Crippen LogP contribution in [0.5, 0.6) is 0 Å². The van der Waals surface area contributed by atoms with E-state index in [2.05, 4.69) is 19.9 Å². The van der Waals surface area contributed by atoms with E-state index < -0.39 is 11.7 Å². The van der Waals surface area contributed by atoms with Crippen LogP contribution < -0.4 is 0 Å². The lowest BCUT2D eigenvalue weighted by Crippen LogP contribution is -2.58. The number of aliphatic hydroxyl groups is 1. The highest BCUT2D eigenvalue weighted by molar-refractivity contribution is 6.32. The highest BCUT2D eigenvalue weighted by Gasteiger charge is 2.67. The zero-order valence-corrected chi connectivity index (χ0v) is 18.0. The molecule has 0 aromatic rings. The Morgan fingerprint density at radius 3 is 2.39 bits per heavy atom. The van der Waals surface area contributed by atoms with Gasteiger partial charge in [0.05, 0.1) is 6.10 Å². The van der Waals surface area contributed by atoms with Crippen molar-refractivity contribution in [2.24, 2.45) is 28.6 Å². The van der Waals surface area contributed by atoms with Gasteiger partial charge in [0, 0.05) is 17.4 Å². The number of hydrogen-bond donors (Lipinski definition) is 1. The molecule has 0 aromatic heterocycles. The first-order chi connectivity index (χ1) is 13.0. The van der Waals surface area contributed by atoms with Crippen molar-refractivity contribution in [3.05, 3.63) is 22.8 Å². The Morgan fingerprint density at radius 2 is 1.75 bits per heavy atom. The third kappa shape index (κ3) is 2.53. The number of ether oxygens (including phenoxy) is 1. The Bertz CT molecular complexity index is 785. The number of fused-ring (bicyclic) bond motifs is 5. The van der Waals surface area contributed by atoms with Crippen LogP contribution >= 0.6 is 11.6 Å². The van der Waals surface area contributed by atoms with E-state index in [1.54, 1.807) is 6.92 Å². The zero-order valence-electron chi connectivity index (χ0n) is 17.3. The van der Waals surface area contributed by atoms with Crippen LogP contribution in [0.25, 0.3) is 0 Å². The molecule has 0 amide bonds. The summed E-state index contributed by atoms with van der Waals surface area (Å²) in [5.74, 6) is 0.542. The average Bonchev–Trinajstić information content (AvgIpc) is 2.90.